The van der Waals surface area contributed by atoms with Crippen molar-refractivity contribution in [3.63, 3.8) is 0 Å². The molecule has 1 aromatic heterocycles. The van der Waals surface area contributed by atoms with E-state index in [1.54, 1.807) is 0 Å². The second-order valence-corrected chi connectivity index (χ2v) is 4.21. The van der Waals surface area contributed by atoms with Crippen LogP contribution in [0, 0.1) is 6.92 Å². The molecular formula is C9H17N5S. The number of aromatic nitrogens is 3. The standard InChI is InChI=1S/C9H17N5S/c1-7-8(9(10)15)11-12-14(7)6-4-5-13(2)3/h4-6H2,1-3H3,(H2,10,15). The van der Waals surface area contributed by atoms with Crippen molar-refractivity contribution in [3.05, 3.63) is 11.4 Å². The first kappa shape index (κ1) is 12.1. The molecule has 0 saturated heterocycles. The van der Waals surface area contributed by atoms with Crippen LogP contribution < -0.4 is 5.73 Å². The van der Waals surface area contributed by atoms with E-state index in [0.717, 1.165) is 25.2 Å². The number of thiocarbonyl (C=S) groups is 1. The first-order valence-corrected chi connectivity index (χ1v) is 5.28. The first-order chi connectivity index (χ1) is 7.02. The number of nitrogens with zero attached hydrogens (tertiary/aromatic N) is 4. The van der Waals surface area contributed by atoms with E-state index in [0.29, 0.717) is 10.7 Å². The van der Waals surface area contributed by atoms with Gasteiger partial charge >= 0.3 is 0 Å². The van der Waals surface area contributed by atoms with E-state index in [-0.39, 0.29) is 0 Å². The Morgan fingerprint density at radius 1 is 1.53 bits per heavy atom. The van der Waals surface area contributed by atoms with E-state index >= 15 is 0 Å². The van der Waals surface area contributed by atoms with Gasteiger partial charge in [-0.25, -0.2) is 4.68 Å². The fourth-order valence-corrected chi connectivity index (χ4v) is 1.53. The Labute approximate surface area is 95.2 Å². The molecule has 0 atom stereocenters. The summed E-state index contributed by atoms with van der Waals surface area (Å²) >= 11 is 4.87. The molecule has 2 N–H and O–H groups in total. The zero-order valence-corrected chi connectivity index (χ0v) is 10.2. The van der Waals surface area contributed by atoms with Gasteiger partial charge in [-0.3, -0.25) is 0 Å². The van der Waals surface area contributed by atoms with Crippen molar-refractivity contribution in [1.29, 1.82) is 0 Å². The third-order valence-electron chi connectivity index (χ3n) is 2.19. The highest BCUT2D eigenvalue weighted by Crippen LogP contribution is 2.04. The maximum absolute atomic E-state index is 5.51. The van der Waals surface area contributed by atoms with Gasteiger partial charge in [-0.15, -0.1) is 5.10 Å². The maximum Gasteiger partial charge on any atom is 0.142 e. The lowest BCUT2D eigenvalue weighted by molar-refractivity contribution is 0.377. The maximum atomic E-state index is 5.51. The van der Waals surface area contributed by atoms with Gasteiger partial charge in [-0.1, -0.05) is 17.4 Å². The van der Waals surface area contributed by atoms with Crippen LogP contribution in [0.25, 0.3) is 0 Å². The minimum absolute atomic E-state index is 0.311. The first-order valence-electron chi connectivity index (χ1n) is 4.87. The molecule has 1 heterocycles. The van der Waals surface area contributed by atoms with Crippen LogP contribution in [0.4, 0.5) is 0 Å². The summed E-state index contributed by atoms with van der Waals surface area (Å²) in [4.78, 5) is 2.45. The molecule has 1 aromatic rings. The summed E-state index contributed by atoms with van der Waals surface area (Å²) in [5.74, 6) is 0. The Morgan fingerprint density at radius 3 is 2.67 bits per heavy atom. The second-order valence-electron chi connectivity index (χ2n) is 3.77. The van der Waals surface area contributed by atoms with E-state index in [9.17, 15) is 0 Å². The monoisotopic (exact) mass is 227 g/mol. The molecule has 0 aromatic carbocycles. The predicted molar refractivity (Wildman–Crippen MR) is 63.8 cm³/mol. The average molecular weight is 227 g/mol. The van der Waals surface area contributed by atoms with Gasteiger partial charge in [0.15, 0.2) is 0 Å². The lowest BCUT2D eigenvalue weighted by Crippen LogP contribution is -2.16. The van der Waals surface area contributed by atoms with Crippen molar-refractivity contribution < 1.29 is 0 Å². The van der Waals surface area contributed by atoms with Gasteiger partial charge < -0.3 is 10.6 Å². The van der Waals surface area contributed by atoms with Gasteiger partial charge in [0.1, 0.15) is 10.7 Å². The Balaban J connectivity index is 2.59. The van der Waals surface area contributed by atoms with Crippen molar-refractivity contribution in [1.82, 2.24) is 19.9 Å². The molecule has 0 aliphatic rings. The molecule has 0 aliphatic heterocycles. The summed E-state index contributed by atoms with van der Waals surface area (Å²) in [6.07, 6.45) is 1.04. The third-order valence-corrected chi connectivity index (χ3v) is 2.38. The lowest BCUT2D eigenvalue weighted by Gasteiger charge is -2.09. The Bertz CT molecular complexity index is 344. The van der Waals surface area contributed by atoms with Crippen LogP contribution in [-0.2, 0) is 6.54 Å². The number of aryl methyl sites for hydroxylation is 1. The summed E-state index contributed by atoms with van der Waals surface area (Å²) < 4.78 is 1.85. The molecule has 1 rings (SSSR count). The number of rotatable bonds is 5. The highest BCUT2D eigenvalue weighted by Gasteiger charge is 2.09. The molecule has 0 amide bonds. The van der Waals surface area contributed by atoms with Crippen LogP contribution in [0.3, 0.4) is 0 Å². The van der Waals surface area contributed by atoms with E-state index in [1.165, 1.54) is 0 Å². The van der Waals surface area contributed by atoms with Gasteiger partial charge in [0.2, 0.25) is 0 Å². The van der Waals surface area contributed by atoms with Crippen molar-refractivity contribution in [2.45, 2.75) is 19.9 Å². The topological polar surface area (TPSA) is 60.0 Å². The predicted octanol–water partition coefficient (Wildman–Crippen LogP) is 0.172. The van der Waals surface area contributed by atoms with Crippen molar-refractivity contribution >= 4 is 17.2 Å². The highest BCUT2D eigenvalue weighted by molar-refractivity contribution is 7.80. The van der Waals surface area contributed by atoms with Crippen LogP contribution in [0.2, 0.25) is 0 Å². The van der Waals surface area contributed by atoms with Crippen LogP contribution in [0.1, 0.15) is 17.8 Å². The molecule has 84 valence electrons. The quantitative estimate of drug-likeness (QED) is 0.727. The van der Waals surface area contributed by atoms with Crippen molar-refractivity contribution in [2.75, 3.05) is 20.6 Å². The van der Waals surface area contributed by atoms with Gasteiger partial charge in [0.05, 0.1) is 5.69 Å². The zero-order valence-electron chi connectivity index (χ0n) is 9.40. The Morgan fingerprint density at radius 2 is 2.20 bits per heavy atom. The van der Waals surface area contributed by atoms with Gasteiger partial charge in [0.25, 0.3) is 0 Å². The van der Waals surface area contributed by atoms with Gasteiger partial charge in [0, 0.05) is 6.54 Å². The number of hydrogen-bond acceptors (Lipinski definition) is 4. The summed E-state index contributed by atoms with van der Waals surface area (Å²) in [5, 5.41) is 7.96. The van der Waals surface area contributed by atoms with Crippen LogP contribution >= 0.6 is 12.2 Å². The van der Waals surface area contributed by atoms with Crippen LogP contribution in [0.5, 0.6) is 0 Å². The normalized spacial score (nSPS) is 10.9. The number of nitrogens with two attached hydrogens (primary N) is 1. The lowest BCUT2D eigenvalue weighted by atomic mass is 10.3. The summed E-state index contributed by atoms with van der Waals surface area (Å²) in [5.41, 5.74) is 7.09. The minimum atomic E-state index is 0.311. The van der Waals surface area contributed by atoms with Crippen LogP contribution in [-0.4, -0.2) is 45.5 Å². The Hall–Kier alpha value is -1.01. The van der Waals surface area contributed by atoms with E-state index in [1.807, 2.05) is 11.6 Å². The SMILES string of the molecule is Cc1c(C(N)=S)nnn1CCCN(C)C. The van der Waals surface area contributed by atoms with Crippen molar-refractivity contribution in [2.24, 2.45) is 5.73 Å². The molecular weight excluding hydrogens is 210 g/mol. The molecule has 15 heavy (non-hydrogen) atoms. The molecule has 5 nitrogen and oxygen atoms in total. The zero-order chi connectivity index (χ0) is 11.4. The molecule has 0 unspecified atom stereocenters. The van der Waals surface area contributed by atoms with E-state index in [4.69, 9.17) is 18.0 Å². The van der Waals surface area contributed by atoms with Gasteiger partial charge in [-0.05, 0) is 34.0 Å². The fourth-order valence-electron chi connectivity index (χ4n) is 1.34. The summed E-state index contributed by atoms with van der Waals surface area (Å²) in [6, 6.07) is 0. The van der Waals surface area contributed by atoms with E-state index < -0.39 is 0 Å². The van der Waals surface area contributed by atoms with Gasteiger partial charge in [-0.2, -0.15) is 0 Å². The van der Waals surface area contributed by atoms with E-state index in [2.05, 4.69) is 29.3 Å². The minimum Gasteiger partial charge on any atom is -0.388 e. The number of hydrogen-bond donors (Lipinski definition) is 1. The molecule has 0 fully saturated rings. The summed E-state index contributed by atoms with van der Waals surface area (Å²) in [6.45, 7) is 3.81. The molecule has 0 aliphatic carbocycles. The molecule has 0 saturated carbocycles. The highest BCUT2D eigenvalue weighted by atomic mass is 32.1. The fraction of sp³-hybridized carbons (Fsp3) is 0.667. The average Bonchev–Trinajstić information content (AvgIpc) is 2.47. The Kier molecular flexibility index (Phi) is 4.16. The third kappa shape index (κ3) is 3.24. The smallest absolute Gasteiger partial charge is 0.142 e. The summed E-state index contributed by atoms with van der Waals surface area (Å²) in [7, 11) is 4.10. The van der Waals surface area contributed by atoms with Crippen LogP contribution in [0.15, 0.2) is 0 Å². The second kappa shape index (κ2) is 5.18. The molecule has 0 bridgehead atoms. The largest absolute Gasteiger partial charge is 0.388 e. The van der Waals surface area contributed by atoms with Crippen molar-refractivity contribution in [3.8, 4) is 0 Å². The molecule has 0 spiro atoms. The molecule has 0 radical (unpaired) electrons. The molecule has 6 heteroatoms.